The van der Waals surface area contributed by atoms with Gasteiger partial charge in [-0.2, -0.15) is 13.2 Å². The van der Waals surface area contributed by atoms with Crippen LogP contribution in [0.4, 0.5) is 13.2 Å². The molecule has 16 heteroatoms. The number of methoxy groups -OCH3 is 1. The maximum atomic E-state index is 15.0. The van der Waals surface area contributed by atoms with Crippen LogP contribution < -0.4 is 10.6 Å². The molecule has 60 heavy (non-hydrogen) atoms. The minimum atomic E-state index is -4.64. The molecule has 0 radical (unpaired) electrons. The molecule has 1 aliphatic rings. The van der Waals surface area contributed by atoms with E-state index in [-0.39, 0.29) is 73.7 Å². The van der Waals surface area contributed by atoms with Crippen molar-refractivity contribution in [1.82, 2.24) is 25.4 Å². The first-order valence-electron chi connectivity index (χ1n) is 20.6. The number of carbonyl (C=O) groups excluding carboxylic acids is 3. The molecule has 1 saturated heterocycles. The molecule has 1 fully saturated rings. The van der Waals surface area contributed by atoms with Crippen LogP contribution >= 0.6 is 11.3 Å². The quantitative estimate of drug-likeness (QED) is 0.0922. The summed E-state index contributed by atoms with van der Waals surface area (Å²) < 4.78 is 51.8. The Kier molecular flexibility index (Phi) is 18.1. The van der Waals surface area contributed by atoms with E-state index < -0.39 is 47.7 Å². The van der Waals surface area contributed by atoms with Gasteiger partial charge in [0.25, 0.3) is 5.91 Å². The first kappa shape index (κ1) is 48.3. The highest BCUT2D eigenvalue weighted by Gasteiger charge is 2.39. The molecule has 0 saturated carbocycles. The average molecular weight is 860 g/mol. The predicted octanol–water partition coefficient (Wildman–Crippen LogP) is 7.58. The molecule has 4 rings (SSSR count). The topological polar surface area (TPSA) is 150 Å². The van der Waals surface area contributed by atoms with Crippen LogP contribution in [0.15, 0.2) is 53.9 Å². The van der Waals surface area contributed by atoms with Gasteiger partial charge in [-0.1, -0.05) is 76.9 Å². The van der Waals surface area contributed by atoms with Gasteiger partial charge >= 0.3 is 12.1 Å². The van der Waals surface area contributed by atoms with E-state index in [1.165, 1.54) is 24.5 Å². The third-order valence-electron chi connectivity index (χ3n) is 11.4. The highest BCUT2D eigenvalue weighted by Crippen LogP contribution is 2.35. The van der Waals surface area contributed by atoms with Gasteiger partial charge in [0.15, 0.2) is 0 Å². The van der Waals surface area contributed by atoms with Gasteiger partial charge in [-0.15, -0.1) is 11.3 Å². The molecule has 6 atom stereocenters. The molecule has 1 aliphatic heterocycles. The highest BCUT2D eigenvalue weighted by atomic mass is 32.1. The first-order chi connectivity index (χ1) is 28.5. The molecule has 2 aromatic carbocycles. The van der Waals surface area contributed by atoms with Gasteiger partial charge in [0, 0.05) is 38.0 Å². The molecule has 0 aliphatic carbocycles. The molecule has 3 N–H and O–H groups in total. The standard InChI is InChI=1S/C44H60F3N5O7S/c1-8-28(4)38(50-40(54)35-16-12-13-21-51(35)6)42(55)52(24-30-14-10-9-11-15-30)36(27(2)3)23-37(59-26-58-7)41-49-34(25-60-41)39(53)48-20-19-32(43(56)57)33-22-31(44(45,46)47)18-17-29(33)5/h9-11,14-15,17-18,22,25,27-28,32,35-38H,8,12-13,16,19-21,23-24,26H2,1-7H3,(H,48,53)(H,50,54)(H,56,57)/t28?,32-,35?,36-,37-,38?/m1/s1. The normalized spacial score (nSPS) is 17.4. The van der Waals surface area contributed by atoms with Crippen molar-refractivity contribution < 1.29 is 46.9 Å². The van der Waals surface area contributed by atoms with Crippen LogP contribution in [-0.2, 0) is 36.6 Å². The van der Waals surface area contributed by atoms with Crippen molar-refractivity contribution in [2.45, 2.75) is 116 Å². The zero-order valence-corrected chi connectivity index (χ0v) is 36.4. The number of nitrogens with zero attached hydrogens (tertiary/aromatic N) is 3. The molecule has 0 spiro atoms. The molecule has 3 unspecified atom stereocenters. The van der Waals surface area contributed by atoms with Crippen molar-refractivity contribution in [3.63, 3.8) is 0 Å². The summed E-state index contributed by atoms with van der Waals surface area (Å²) >= 11 is 1.18. The van der Waals surface area contributed by atoms with Gasteiger partial charge < -0.3 is 30.1 Å². The van der Waals surface area contributed by atoms with E-state index in [1.54, 1.807) is 12.3 Å². The number of likely N-dealkylation sites (tertiary alicyclic amines) is 1. The summed E-state index contributed by atoms with van der Waals surface area (Å²) in [6.07, 6.45) is -1.90. The summed E-state index contributed by atoms with van der Waals surface area (Å²) in [6, 6.07) is 11.1. The van der Waals surface area contributed by atoms with E-state index in [0.29, 0.717) is 17.0 Å². The number of thiazole rings is 1. The summed E-state index contributed by atoms with van der Waals surface area (Å²) in [5.41, 5.74) is 0.428. The number of alkyl halides is 3. The maximum Gasteiger partial charge on any atom is 0.416 e. The second-order valence-electron chi connectivity index (χ2n) is 16.0. The number of aryl methyl sites for hydroxylation is 1. The van der Waals surface area contributed by atoms with E-state index in [4.69, 9.17) is 9.47 Å². The van der Waals surface area contributed by atoms with Crippen molar-refractivity contribution in [3.8, 4) is 0 Å². The fourth-order valence-electron chi connectivity index (χ4n) is 7.59. The Bertz CT molecular complexity index is 1880. The van der Waals surface area contributed by atoms with Gasteiger partial charge in [-0.05, 0) is 80.4 Å². The number of ether oxygens (including phenoxy) is 2. The van der Waals surface area contributed by atoms with E-state index >= 15 is 0 Å². The van der Waals surface area contributed by atoms with Crippen molar-refractivity contribution in [3.05, 3.63) is 86.9 Å². The molecule has 1 aromatic heterocycles. The van der Waals surface area contributed by atoms with Gasteiger partial charge in [-0.3, -0.25) is 24.1 Å². The largest absolute Gasteiger partial charge is 0.481 e. The van der Waals surface area contributed by atoms with E-state index in [1.807, 2.05) is 74.9 Å². The molecular formula is C44H60F3N5O7S. The summed E-state index contributed by atoms with van der Waals surface area (Å²) in [5.74, 6) is -3.81. The fourth-order valence-corrected chi connectivity index (χ4v) is 8.45. The van der Waals surface area contributed by atoms with Crippen LogP contribution in [-0.4, -0.2) is 95.7 Å². The maximum absolute atomic E-state index is 15.0. The zero-order chi connectivity index (χ0) is 44.1. The lowest BCUT2D eigenvalue weighted by molar-refractivity contribution is -0.144. The number of aliphatic carboxylic acids is 1. The Morgan fingerprint density at radius 3 is 2.42 bits per heavy atom. The number of piperidine rings is 1. The number of nitrogens with one attached hydrogen (secondary N) is 2. The third kappa shape index (κ3) is 13.1. The van der Waals surface area contributed by atoms with Gasteiger partial charge in [0.2, 0.25) is 11.8 Å². The monoisotopic (exact) mass is 859 g/mol. The number of aromatic nitrogens is 1. The Morgan fingerprint density at radius 2 is 1.80 bits per heavy atom. The van der Waals surface area contributed by atoms with Crippen molar-refractivity contribution >= 4 is 35.0 Å². The first-order valence-corrected chi connectivity index (χ1v) is 21.4. The second kappa shape index (κ2) is 22.5. The number of rotatable bonds is 21. The van der Waals surface area contributed by atoms with E-state index in [2.05, 4.69) is 15.6 Å². The van der Waals surface area contributed by atoms with Crippen molar-refractivity contribution in [2.24, 2.45) is 11.8 Å². The summed E-state index contributed by atoms with van der Waals surface area (Å²) in [6.45, 7) is 10.4. The van der Waals surface area contributed by atoms with Gasteiger partial charge in [-0.25, -0.2) is 4.98 Å². The number of hydrogen-bond acceptors (Lipinski definition) is 9. The second-order valence-corrected chi connectivity index (χ2v) is 16.9. The molecular weight excluding hydrogens is 800 g/mol. The minimum Gasteiger partial charge on any atom is -0.481 e. The van der Waals surface area contributed by atoms with Gasteiger partial charge in [0.1, 0.15) is 29.6 Å². The Morgan fingerprint density at radius 1 is 1.08 bits per heavy atom. The van der Waals surface area contributed by atoms with Crippen molar-refractivity contribution in [1.29, 1.82) is 0 Å². The van der Waals surface area contributed by atoms with Crippen LogP contribution in [0.1, 0.15) is 116 Å². The van der Waals surface area contributed by atoms with Crippen LogP contribution in [0.2, 0.25) is 0 Å². The summed E-state index contributed by atoms with van der Waals surface area (Å²) in [5, 5.41) is 17.8. The number of carboxylic acids is 1. The lowest BCUT2D eigenvalue weighted by Gasteiger charge is -2.40. The summed E-state index contributed by atoms with van der Waals surface area (Å²) in [7, 11) is 3.42. The Labute approximate surface area is 355 Å². The molecule has 330 valence electrons. The SMILES string of the molecule is CCC(C)C(NC(=O)C1CCCCN1C)C(=O)N(Cc1ccccc1)[C@H](C[C@@H](OCOC)c1nc(C(=O)NCC[C@@H](C(=O)O)c2cc(C(F)(F)F)ccc2C)cs1)C(C)C. The number of carboxylic acid groups (broad SMARTS) is 1. The predicted molar refractivity (Wildman–Crippen MR) is 223 cm³/mol. The average Bonchev–Trinajstić information content (AvgIpc) is 3.71. The lowest BCUT2D eigenvalue weighted by atomic mass is 9.90. The summed E-state index contributed by atoms with van der Waals surface area (Å²) in [4.78, 5) is 62.7. The number of amides is 3. The number of halogens is 3. The molecule has 2 heterocycles. The zero-order valence-electron chi connectivity index (χ0n) is 35.6. The third-order valence-corrected chi connectivity index (χ3v) is 12.3. The Balaban J connectivity index is 1.58. The number of benzene rings is 2. The van der Waals surface area contributed by atoms with Crippen LogP contribution in [0, 0.1) is 18.8 Å². The van der Waals surface area contributed by atoms with Crippen molar-refractivity contribution in [2.75, 3.05) is 34.0 Å². The Hall–Kier alpha value is -4.38. The fraction of sp³-hybridized carbons (Fsp3) is 0.568. The molecule has 3 amide bonds. The van der Waals surface area contributed by atoms with Gasteiger partial charge in [0.05, 0.1) is 17.5 Å². The van der Waals surface area contributed by atoms with Crippen LogP contribution in [0.5, 0.6) is 0 Å². The molecule has 12 nitrogen and oxygen atoms in total. The number of carbonyl (C=O) groups is 4. The molecule has 0 bridgehead atoms. The van der Waals surface area contributed by atoms with Crippen LogP contribution in [0.25, 0.3) is 0 Å². The van der Waals surface area contributed by atoms with E-state index in [0.717, 1.165) is 43.5 Å². The smallest absolute Gasteiger partial charge is 0.416 e. The number of likely N-dealkylation sites (N-methyl/N-ethyl adjacent to an activating group) is 1. The minimum absolute atomic E-state index is 0.0230. The highest BCUT2D eigenvalue weighted by molar-refractivity contribution is 7.09. The van der Waals surface area contributed by atoms with E-state index in [9.17, 15) is 37.5 Å². The lowest BCUT2D eigenvalue weighted by Crippen LogP contribution is -2.58. The molecule has 3 aromatic rings. The number of hydrogen-bond donors (Lipinski definition) is 3. The van der Waals surface area contributed by atoms with Crippen LogP contribution in [0.3, 0.4) is 0 Å².